The number of nitrogens with zero attached hydrogens (tertiary/aromatic N) is 2. The fourth-order valence-electron chi connectivity index (χ4n) is 4.40. The number of nitrogens with one attached hydrogen (secondary N) is 1. The summed E-state index contributed by atoms with van der Waals surface area (Å²) in [6, 6.07) is 31.6. The van der Waals surface area contributed by atoms with Gasteiger partial charge in [0.1, 0.15) is 5.82 Å². The van der Waals surface area contributed by atoms with E-state index in [-0.39, 0.29) is 11.9 Å². The van der Waals surface area contributed by atoms with Crippen molar-refractivity contribution < 1.29 is 4.79 Å². The van der Waals surface area contributed by atoms with Gasteiger partial charge in [-0.05, 0) is 53.4 Å². The molecule has 1 unspecified atom stereocenters. The van der Waals surface area contributed by atoms with Crippen LogP contribution in [0.5, 0.6) is 0 Å². The first-order valence-electron chi connectivity index (χ1n) is 11.8. The normalized spacial score (nSPS) is 12.0. The van der Waals surface area contributed by atoms with Gasteiger partial charge in [0.05, 0.1) is 33.5 Å². The first-order chi connectivity index (χ1) is 17.5. The van der Waals surface area contributed by atoms with Gasteiger partial charge < -0.3 is 9.88 Å². The molecule has 0 fully saturated rings. The molecule has 5 aromatic rings. The van der Waals surface area contributed by atoms with E-state index in [0.29, 0.717) is 23.0 Å². The number of aromatic nitrogens is 2. The van der Waals surface area contributed by atoms with Gasteiger partial charge in [-0.25, -0.2) is 4.98 Å². The molecule has 4 nitrogen and oxygen atoms in total. The maximum absolute atomic E-state index is 12.9. The van der Waals surface area contributed by atoms with Crippen molar-refractivity contribution in [2.75, 3.05) is 0 Å². The average Bonchev–Trinajstić information content (AvgIpc) is 3.26. The van der Waals surface area contributed by atoms with Crippen LogP contribution in [-0.2, 0) is 17.8 Å². The van der Waals surface area contributed by atoms with Crippen LogP contribution in [0.1, 0.15) is 29.9 Å². The molecule has 0 bridgehead atoms. The Kier molecular flexibility index (Phi) is 7.08. The van der Waals surface area contributed by atoms with Gasteiger partial charge in [0.15, 0.2) is 0 Å². The molecule has 0 aliphatic carbocycles. The topological polar surface area (TPSA) is 46.9 Å². The molecular weight excluding hydrogens is 489 g/mol. The lowest BCUT2D eigenvalue weighted by Crippen LogP contribution is -2.30. The van der Waals surface area contributed by atoms with Gasteiger partial charge in [0.2, 0.25) is 5.91 Å². The Morgan fingerprint density at radius 3 is 2.25 bits per heavy atom. The number of amides is 1. The number of fused-ring (bicyclic) bond motifs is 1. The number of halogens is 2. The molecule has 0 spiro atoms. The highest BCUT2D eigenvalue weighted by Crippen LogP contribution is 2.26. The standard InChI is InChI=1S/C30H25Cl2N3O/c1-20(33-29(36)18-21-11-14-24(15-12-21)23-7-3-2-4-8-23)30-34-27-9-5-6-10-28(27)35(30)19-22-13-16-25(31)26(32)17-22/h2-17,20H,18-19H2,1H3,(H,33,36). The molecule has 1 heterocycles. The fourth-order valence-corrected chi connectivity index (χ4v) is 4.72. The van der Waals surface area contributed by atoms with Crippen molar-refractivity contribution in [2.45, 2.75) is 25.9 Å². The van der Waals surface area contributed by atoms with Crippen LogP contribution in [0.25, 0.3) is 22.2 Å². The summed E-state index contributed by atoms with van der Waals surface area (Å²) in [5, 5.41) is 4.16. The van der Waals surface area contributed by atoms with Crippen molar-refractivity contribution in [1.29, 1.82) is 0 Å². The van der Waals surface area contributed by atoms with E-state index in [1.807, 2.05) is 73.7 Å². The van der Waals surface area contributed by atoms with E-state index in [2.05, 4.69) is 34.1 Å². The third-order valence-electron chi connectivity index (χ3n) is 6.20. The summed E-state index contributed by atoms with van der Waals surface area (Å²) in [6.07, 6.45) is 0.298. The van der Waals surface area contributed by atoms with E-state index < -0.39 is 0 Å². The molecule has 0 saturated heterocycles. The highest BCUT2D eigenvalue weighted by atomic mass is 35.5. The Morgan fingerprint density at radius 1 is 0.833 bits per heavy atom. The van der Waals surface area contributed by atoms with Crippen molar-refractivity contribution in [3.63, 3.8) is 0 Å². The molecule has 1 amide bonds. The third kappa shape index (κ3) is 5.30. The molecule has 4 aromatic carbocycles. The SMILES string of the molecule is CC(NC(=O)Cc1ccc(-c2ccccc2)cc1)c1nc2ccccc2n1Cc1ccc(Cl)c(Cl)c1. The Bertz CT molecular complexity index is 1510. The molecule has 0 aliphatic rings. The van der Waals surface area contributed by atoms with Gasteiger partial charge in [0, 0.05) is 6.54 Å². The number of benzene rings is 4. The minimum Gasteiger partial charge on any atom is -0.346 e. The zero-order valence-electron chi connectivity index (χ0n) is 19.8. The second-order valence-electron chi connectivity index (χ2n) is 8.82. The lowest BCUT2D eigenvalue weighted by Gasteiger charge is -2.17. The van der Waals surface area contributed by atoms with Crippen LogP contribution >= 0.6 is 23.2 Å². The van der Waals surface area contributed by atoms with E-state index in [1.54, 1.807) is 6.07 Å². The lowest BCUT2D eigenvalue weighted by molar-refractivity contribution is -0.121. The van der Waals surface area contributed by atoms with Crippen LogP contribution in [0.2, 0.25) is 10.0 Å². The van der Waals surface area contributed by atoms with Crippen LogP contribution in [0.15, 0.2) is 97.1 Å². The fraction of sp³-hybridized carbons (Fsp3) is 0.133. The van der Waals surface area contributed by atoms with Crippen LogP contribution in [0, 0.1) is 0 Å². The molecule has 1 N–H and O–H groups in total. The van der Waals surface area contributed by atoms with Gasteiger partial charge in [-0.15, -0.1) is 0 Å². The molecule has 36 heavy (non-hydrogen) atoms. The van der Waals surface area contributed by atoms with Crippen molar-refractivity contribution in [2.24, 2.45) is 0 Å². The highest BCUT2D eigenvalue weighted by Gasteiger charge is 2.19. The summed E-state index contributed by atoms with van der Waals surface area (Å²) in [7, 11) is 0. The van der Waals surface area contributed by atoms with E-state index in [0.717, 1.165) is 39.1 Å². The summed E-state index contributed by atoms with van der Waals surface area (Å²) in [6.45, 7) is 2.52. The molecular formula is C30H25Cl2N3O. The van der Waals surface area contributed by atoms with E-state index in [1.165, 1.54) is 0 Å². The molecule has 0 saturated carbocycles. The van der Waals surface area contributed by atoms with Crippen molar-refractivity contribution >= 4 is 40.1 Å². The van der Waals surface area contributed by atoms with Crippen molar-refractivity contribution in [3.05, 3.63) is 124 Å². The quantitative estimate of drug-likeness (QED) is 0.245. The highest BCUT2D eigenvalue weighted by molar-refractivity contribution is 6.42. The van der Waals surface area contributed by atoms with Gasteiger partial charge >= 0.3 is 0 Å². The lowest BCUT2D eigenvalue weighted by atomic mass is 10.0. The number of carbonyl (C=O) groups excluding carboxylic acids is 1. The Hall–Kier alpha value is -3.60. The van der Waals surface area contributed by atoms with Crippen LogP contribution in [0.3, 0.4) is 0 Å². The number of imidazole rings is 1. The first kappa shape index (κ1) is 24.1. The summed E-state index contributed by atoms with van der Waals surface area (Å²) in [5.74, 6) is 0.734. The summed E-state index contributed by atoms with van der Waals surface area (Å²) in [5.41, 5.74) is 6.13. The number of para-hydroxylation sites is 2. The van der Waals surface area contributed by atoms with E-state index in [4.69, 9.17) is 28.2 Å². The average molecular weight is 514 g/mol. The van der Waals surface area contributed by atoms with E-state index >= 15 is 0 Å². The second kappa shape index (κ2) is 10.6. The summed E-state index contributed by atoms with van der Waals surface area (Å²) < 4.78 is 2.12. The Labute approximate surface area is 220 Å². The van der Waals surface area contributed by atoms with Crippen LogP contribution in [0.4, 0.5) is 0 Å². The molecule has 1 aromatic heterocycles. The maximum atomic E-state index is 12.9. The van der Waals surface area contributed by atoms with Gasteiger partial charge in [-0.3, -0.25) is 4.79 Å². The molecule has 180 valence electrons. The Balaban J connectivity index is 1.33. The predicted octanol–water partition coefficient (Wildman–Crippen LogP) is 7.48. The minimum atomic E-state index is -0.281. The maximum Gasteiger partial charge on any atom is 0.224 e. The number of hydrogen-bond donors (Lipinski definition) is 1. The van der Waals surface area contributed by atoms with Gasteiger partial charge in [0.25, 0.3) is 0 Å². The predicted molar refractivity (Wildman–Crippen MR) is 147 cm³/mol. The summed E-state index contributed by atoms with van der Waals surface area (Å²) in [4.78, 5) is 17.8. The number of rotatable bonds is 7. The van der Waals surface area contributed by atoms with Crippen molar-refractivity contribution in [1.82, 2.24) is 14.9 Å². The molecule has 6 heteroatoms. The van der Waals surface area contributed by atoms with E-state index in [9.17, 15) is 4.79 Å². The second-order valence-corrected chi connectivity index (χ2v) is 9.64. The molecule has 0 aliphatic heterocycles. The van der Waals surface area contributed by atoms with Crippen molar-refractivity contribution in [3.8, 4) is 11.1 Å². The number of carbonyl (C=O) groups is 1. The minimum absolute atomic E-state index is 0.0527. The molecule has 5 rings (SSSR count). The first-order valence-corrected chi connectivity index (χ1v) is 12.6. The zero-order chi connectivity index (χ0) is 25.1. The number of hydrogen-bond acceptors (Lipinski definition) is 2. The largest absolute Gasteiger partial charge is 0.346 e. The zero-order valence-corrected chi connectivity index (χ0v) is 21.3. The van der Waals surface area contributed by atoms with Gasteiger partial charge in [-0.2, -0.15) is 0 Å². The Morgan fingerprint density at radius 2 is 1.50 bits per heavy atom. The van der Waals surface area contributed by atoms with Crippen LogP contribution in [-0.4, -0.2) is 15.5 Å². The van der Waals surface area contributed by atoms with Crippen LogP contribution < -0.4 is 5.32 Å². The smallest absolute Gasteiger partial charge is 0.224 e. The molecule has 1 atom stereocenters. The summed E-state index contributed by atoms with van der Waals surface area (Å²) >= 11 is 12.4. The molecule has 0 radical (unpaired) electrons. The van der Waals surface area contributed by atoms with Gasteiger partial charge in [-0.1, -0.05) is 96.0 Å². The third-order valence-corrected chi connectivity index (χ3v) is 6.94. The monoisotopic (exact) mass is 513 g/mol.